The molecule has 3 rings (SSSR count). The van der Waals surface area contributed by atoms with Gasteiger partial charge in [-0.1, -0.05) is 6.07 Å². The van der Waals surface area contributed by atoms with Gasteiger partial charge in [0.15, 0.2) is 0 Å². The highest BCUT2D eigenvalue weighted by Gasteiger charge is 2.33. The molecule has 20 heavy (non-hydrogen) atoms. The Morgan fingerprint density at radius 3 is 2.90 bits per heavy atom. The quantitative estimate of drug-likeness (QED) is 0.882. The first-order valence-electron chi connectivity index (χ1n) is 7.10. The molecule has 0 amide bonds. The largest absolute Gasteiger partial charge is 0.508 e. The van der Waals surface area contributed by atoms with Crippen molar-refractivity contribution >= 4 is 10.0 Å². The lowest BCUT2D eigenvalue weighted by Crippen LogP contribution is -2.47. The normalized spacial score (nSPS) is 27.4. The summed E-state index contributed by atoms with van der Waals surface area (Å²) in [6.45, 7) is 2.12. The van der Waals surface area contributed by atoms with Crippen LogP contribution in [0, 0.1) is 0 Å². The SMILES string of the molecule is O=S(=O)(NC1CCN2CCCC2C1)c1cccc(O)c1. The Hall–Kier alpha value is -1.11. The summed E-state index contributed by atoms with van der Waals surface area (Å²) in [4.78, 5) is 2.59. The van der Waals surface area contributed by atoms with Gasteiger partial charge in [0.1, 0.15) is 5.75 Å². The van der Waals surface area contributed by atoms with Gasteiger partial charge in [0.25, 0.3) is 0 Å². The molecule has 0 bridgehead atoms. The molecule has 6 heteroatoms. The molecule has 2 saturated heterocycles. The summed E-state index contributed by atoms with van der Waals surface area (Å²) in [5.41, 5.74) is 0. The Labute approximate surface area is 119 Å². The van der Waals surface area contributed by atoms with E-state index in [1.54, 1.807) is 6.07 Å². The van der Waals surface area contributed by atoms with Crippen LogP contribution in [-0.2, 0) is 10.0 Å². The molecule has 110 valence electrons. The van der Waals surface area contributed by atoms with Gasteiger partial charge >= 0.3 is 0 Å². The molecular weight excluding hydrogens is 276 g/mol. The van der Waals surface area contributed by atoms with Crippen LogP contribution in [0.3, 0.4) is 0 Å². The Bertz CT molecular complexity index is 588. The van der Waals surface area contributed by atoms with Crippen LogP contribution >= 0.6 is 0 Å². The molecule has 1 aromatic rings. The van der Waals surface area contributed by atoms with Crippen LogP contribution in [0.15, 0.2) is 29.2 Å². The number of sulfonamides is 1. The molecule has 2 heterocycles. The third kappa shape index (κ3) is 2.82. The monoisotopic (exact) mass is 296 g/mol. The predicted octanol–water partition coefficient (Wildman–Crippen LogP) is 1.30. The maximum Gasteiger partial charge on any atom is 0.240 e. The molecule has 0 aromatic heterocycles. The molecule has 2 fully saturated rings. The first-order chi connectivity index (χ1) is 9.54. The Balaban J connectivity index is 1.70. The summed E-state index contributed by atoms with van der Waals surface area (Å²) >= 11 is 0. The number of hydrogen-bond acceptors (Lipinski definition) is 4. The standard InChI is InChI=1S/C14H20N2O3S/c17-13-4-1-5-14(10-13)20(18,19)15-11-6-8-16-7-2-3-12(16)9-11/h1,4-5,10-12,15,17H,2-3,6-9H2. The number of aromatic hydroxyl groups is 1. The molecule has 2 atom stereocenters. The van der Waals surface area contributed by atoms with E-state index < -0.39 is 10.0 Å². The Morgan fingerprint density at radius 2 is 2.10 bits per heavy atom. The minimum absolute atomic E-state index is 0.00157. The molecule has 0 radical (unpaired) electrons. The highest BCUT2D eigenvalue weighted by molar-refractivity contribution is 7.89. The summed E-state index contributed by atoms with van der Waals surface area (Å²) in [6, 6.07) is 6.33. The fraction of sp³-hybridized carbons (Fsp3) is 0.571. The van der Waals surface area contributed by atoms with Crippen LogP contribution in [0.2, 0.25) is 0 Å². The number of hydrogen-bond donors (Lipinski definition) is 2. The van der Waals surface area contributed by atoms with Crippen LogP contribution < -0.4 is 4.72 Å². The van der Waals surface area contributed by atoms with Gasteiger partial charge in [-0.3, -0.25) is 0 Å². The number of nitrogens with zero attached hydrogens (tertiary/aromatic N) is 1. The van der Waals surface area contributed by atoms with E-state index in [2.05, 4.69) is 9.62 Å². The van der Waals surface area contributed by atoms with Crippen molar-refractivity contribution in [1.29, 1.82) is 0 Å². The van der Waals surface area contributed by atoms with Crippen LogP contribution in [0.4, 0.5) is 0 Å². The minimum Gasteiger partial charge on any atom is -0.508 e. The van der Waals surface area contributed by atoms with Crippen molar-refractivity contribution in [1.82, 2.24) is 9.62 Å². The molecule has 0 saturated carbocycles. The second-order valence-electron chi connectivity index (χ2n) is 5.67. The fourth-order valence-electron chi connectivity index (χ4n) is 3.27. The van der Waals surface area contributed by atoms with Gasteiger partial charge in [-0.15, -0.1) is 0 Å². The average Bonchev–Trinajstić information content (AvgIpc) is 2.85. The molecule has 5 nitrogen and oxygen atoms in total. The number of phenolic OH excluding ortho intramolecular Hbond substituents is 1. The Kier molecular flexibility index (Phi) is 3.70. The second kappa shape index (κ2) is 5.35. The highest BCUT2D eigenvalue weighted by Crippen LogP contribution is 2.27. The van der Waals surface area contributed by atoms with Gasteiger partial charge < -0.3 is 10.0 Å². The first-order valence-corrected chi connectivity index (χ1v) is 8.58. The number of piperidine rings is 1. The van der Waals surface area contributed by atoms with Crippen molar-refractivity contribution in [2.45, 2.75) is 42.7 Å². The van der Waals surface area contributed by atoms with E-state index in [1.165, 1.54) is 31.0 Å². The van der Waals surface area contributed by atoms with E-state index in [0.717, 1.165) is 25.9 Å². The molecule has 0 aliphatic carbocycles. The van der Waals surface area contributed by atoms with Crippen LogP contribution in [0.1, 0.15) is 25.7 Å². The van der Waals surface area contributed by atoms with Crippen LogP contribution in [0.25, 0.3) is 0 Å². The predicted molar refractivity (Wildman–Crippen MR) is 76.0 cm³/mol. The molecule has 2 unspecified atom stereocenters. The number of fused-ring (bicyclic) bond motifs is 1. The van der Waals surface area contributed by atoms with Gasteiger partial charge in [-0.05, 0) is 57.0 Å². The van der Waals surface area contributed by atoms with E-state index in [4.69, 9.17) is 0 Å². The summed E-state index contributed by atoms with van der Waals surface area (Å²) in [5, 5.41) is 9.41. The van der Waals surface area contributed by atoms with E-state index in [1.807, 2.05) is 0 Å². The second-order valence-corrected chi connectivity index (χ2v) is 7.39. The Morgan fingerprint density at radius 1 is 1.25 bits per heavy atom. The maximum absolute atomic E-state index is 12.3. The zero-order chi connectivity index (χ0) is 14.2. The molecule has 2 aliphatic rings. The van der Waals surface area contributed by atoms with Gasteiger partial charge in [-0.2, -0.15) is 0 Å². The average molecular weight is 296 g/mol. The van der Waals surface area contributed by atoms with Crippen molar-refractivity contribution in [2.75, 3.05) is 13.1 Å². The van der Waals surface area contributed by atoms with Crippen LogP contribution in [0.5, 0.6) is 5.75 Å². The molecule has 2 aliphatic heterocycles. The van der Waals surface area contributed by atoms with E-state index in [0.29, 0.717) is 6.04 Å². The summed E-state index contributed by atoms with van der Waals surface area (Å²) in [5.74, 6) is -0.0292. The topological polar surface area (TPSA) is 69.6 Å². The minimum atomic E-state index is -3.54. The van der Waals surface area contributed by atoms with E-state index in [-0.39, 0.29) is 16.7 Å². The summed E-state index contributed by atoms with van der Waals surface area (Å²) in [7, 11) is -3.54. The van der Waals surface area contributed by atoms with Crippen molar-refractivity contribution < 1.29 is 13.5 Å². The molecule has 2 N–H and O–H groups in total. The third-order valence-corrected chi connectivity index (χ3v) is 5.79. The zero-order valence-electron chi connectivity index (χ0n) is 11.3. The van der Waals surface area contributed by atoms with Gasteiger partial charge in [0, 0.05) is 12.1 Å². The molecule has 0 spiro atoms. The van der Waals surface area contributed by atoms with Gasteiger partial charge in [-0.25, -0.2) is 13.1 Å². The van der Waals surface area contributed by atoms with Crippen molar-refractivity contribution in [3.05, 3.63) is 24.3 Å². The molecule has 1 aromatic carbocycles. The maximum atomic E-state index is 12.3. The van der Waals surface area contributed by atoms with E-state index >= 15 is 0 Å². The number of benzene rings is 1. The number of nitrogens with one attached hydrogen (secondary N) is 1. The van der Waals surface area contributed by atoms with Crippen molar-refractivity contribution in [2.24, 2.45) is 0 Å². The third-order valence-electron chi connectivity index (χ3n) is 4.27. The number of phenols is 1. The lowest BCUT2D eigenvalue weighted by atomic mass is 9.99. The van der Waals surface area contributed by atoms with Gasteiger partial charge in [0.2, 0.25) is 10.0 Å². The van der Waals surface area contributed by atoms with Crippen LogP contribution in [-0.4, -0.2) is 43.6 Å². The number of rotatable bonds is 3. The van der Waals surface area contributed by atoms with Crippen molar-refractivity contribution in [3.63, 3.8) is 0 Å². The van der Waals surface area contributed by atoms with E-state index in [9.17, 15) is 13.5 Å². The fourth-order valence-corrected chi connectivity index (χ4v) is 4.59. The highest BCUT2D eigenvalue weighted by atomic mass is 32.2. The zero-order valence-corrected chi connectivity index (χ0v) is 12.1. The smallest absolute Gasteiger partial charge is 0.240 e. The van der Waals surface area contributed by atoms with Crippen molar-refractivity contribution in [3.8, 4) is 5.75 Å². The van der Waals surface area contributed by atoms with Gasteiger partial charge in [0.05, 0.1) is 4.90 Å². The first kappa shape index (κ1) is 13.9. The summed E-state index contributed by atoms with van der Waals surface area (Å²) in [6.07, 6.45) is 4.13. The summed E-state index contributed by atoms with van der Waals surface area (Å²) < 4.78 is 27.4. The molecular formula is C14H20N2O3S. The lowest BCUT2D eigenvalue weighted by molar-refractivity contribution is 0.176. The lowest BCUT2D eigenvalue weighted by Gasteiger charge is -2.34.